The van der Waals surface area contributed by atoms with Crippen molar-refractivity contribution >= 4 is 11.6 Å². The largest absolute Gasteiger partial charge is 0.496 e. The Bertz CT molecular complexity index is 344. The lowest BCUT2D eigenvalue weighted by molar-refractivity contribution is 0.260. The van der Waals surface area contributed by atoms with Crippen molar-refractivity contribution in [2.45, 2.75) is 6.04 Å². The van der Waals surface area contributed by atoms with E-state index in [0.717, 1.165) is 0 Å². The van der Waals surface area contributed by atoms with Crippen molar-refractivity contribution in [1.29, 1.82) is 0 Å². The van der Waals surface area contributed by atoms with Crippen LogP contribution in [0.3, 0.4) is 0 Å². The van der Waals surface area contributed by atoms with E-state index in [9.17, 15) is 0 Å². The second kappa shape index (κ2) is 5.21. The zero-order valence-electron chi connectivity index (χ0n) is 8.66. The molecule has 15 heavy (non-hydrogen) atoms. The smallest absolute Gasteiger partial charge is 0.146 e. The molecule has 0 aromatic heterocycles. The number of aliphatic hydroxyl groups excluding tert-OH is 1. The molecule has 4 nitrogen and oxygen atoms in total. The van der Waals surface area contributed by atoms with Gasteiger partial charge in [-0.25, -0.2) is 0 Å². The maximum absolute atomic E-state index is 9.04. The lowest BCUT2D eigenvalue weighted by Gasteiger charge is -2.18. The Labute approximate surface area is 93.6 Å². The summed E-state index contributed by atoms with van der Waals surface area (Å²) in [5, 5.41) is 9.48. The average molecular weight is 232 g/mol. The Morgan fingerprint density at radius 3 is 2.53 bits per heavy atom. The fourth-order valence-electron chi connectivity index (χ4n) is 1.38. The summed E-state index contributed by atoms with van der Waals surface area (Å²) in [7, 11) is 3.02. The third-order valence-electron chi connectivity index (χ3n) is 2.10. The molecule has 0 spiro atoms. The van der Waals surface area contributed by atoms with E-state index in [1.165, 1.54) is 14.2 Å². The summed E-state index contributed by atoms with van der Waals surface area (Å²) in [5.41, 5.74) is 6.33. The van der Waals surface area contributed by atoms with Crippen LogP contribution < -0.4 is 15.2 Å². The highest BCUT2D eigenvalue weighted by molar-refractivity contribution is 6.32. The van der Waals surface area contributed by atoms with Crippen molar-refractivity contribution < 1.29 is 14.6 Å². The fraction of sp³-hybridized carbons (Fsp3) is 0.400. The predicted molar refractivity (Wildman–Crippen MR) is 58.6 cm³/mol. The van der Waals surface area contributed by atoms with Crippen LogP contribution in [-0.4, -0.2) is 25.9 Å². The molecule has 0 fully saturated rings. The summed E-state index contributed by atoms with van der Waals surface area (Å²) >= 11 is 5.94. The van der Waals surface area contributed by atoms with Gasteiger partial charge in [-0.2, -0.15) is 0 Å². The number of aliphatic hydroxyl groups is 1. The van der Waals surface area contributed by atoms with Crippen LogP contribution in [0.1, 0.15) is 11.6 Å². The van der Waals surface area contributed by atoms with Gasteiger partial charge >= 0.3 is 0 Å². The molecule has 1 aromatic rings. The zero-order chi connectivity index (χ0) is 11.4. The summed E-state index contributed by atoms with van der Waals surface area (Å²) < 4.78 is 10.3. The molecular formula is C10H14ClNO3. The Kier molecular flexibility index (Phi) is 4.20. The highest BCUT2D eigenvalue weighted by Gasteiger charge is 2.19. The number of nitrogens with two attached hydrogens (primary N) is 1. The predicted octanol–water partition coefficient (Wildman–Crippen LogP) is 1.35. The Balaban J connectivity index is 3.33. The van der Waals surface area contributed by atoms with Gasteiger partial charge in [-0.05, 0) is 12.1 Å². The molecule has 1 rings (SSSR count). The maximum atomic E-state index is 9.04. The van der Waals surface area contributed by atoms with Gasteiger partial charge in [0.25, 0.3) is 0 Å². The van der Waals surface area contributed by atoms with Gasteiger partial charge in [0, 0.05) is 0 Å². The van der Waals surface area contributed by atoms with E-state index >= 15 is 0 Å². The first-order valence-corrected chi connectivity index (χ1v) is 4.80. The van der Waals surface area contributed by atoms with Gasteiger partial charge in [-0.1, -0.05) is 11.6 Å². The quantitative estimate of drug-likeness (QED) is 0.821. The van der Waals surface area contributed by atoms with Gasteiger partial charge in [0.15, 0.2) is 0 Å². The van der Waals surface area contributed by atoms with Crippen molar-refractivity contribution in [3.05, 3.63) is 22.7 Å². The number of halogens is 1. The molecule has 84 valence electrons. The van der Waals surface area contributed by atoms with Crippen molar-refractivity contribution in [2.24, 2.45) is 5.73 Å². The Morgan fingerprint density at radius 2 is 2.07 bits per heavy atom. The van der Waals surface area contributed by atoms with E-state index in [4.69, 9.17) is 31.9 Å². The Morgan fingerprint density at radius 1 is 1.40 bits per heavy atom. The summed E-state index contributed by atoms with van der Waals surface area (Å²) in [4.78, 5) is 0. The molecule has 0 aliphatic rings. The van der Waals surface area contributed by atoms with E-state index in [2.05, 4.69) is 0 Å². The number of ether oxygens (including phenoxy) is 2. The first kappa shape index (κ1) is 12.1. The molecule has 1 atom stereocenters. The van der Waals surface area contributed by atoms with Gasteiger partial charge in [0.1, 0.15) is 11.5 Å². The maximum Gasteiger partial charge on any atom is 0.146 e. The van der Waals surface area contributed by atoms with Crippen LogP contribution in [0.5, 0.6) is 11.5 Å². The molecule has 0 bridgehead atoms. The first-order chi connectivity index (χ1) is 7.15. The highest BCUT2D eigenvalue weighted by atomic mass is 35.5. The van der Waals surface area contributed by atoms with Crippen LogP contribution in [-0.2, 0) is 0 Å². The Hall–Kier alpha value is -0.970. The van der Waals surface area contributed by atoms with E-state index in [-0.39, 0.29) is 6.61 Å². The lowest BCUT2D eigenvalue weighted by atomic mass is 10.1. The average Bonchev–Trinajstić information content (AvgIpc) is 2.27. The topological polar surface area (TPSA) is 64.7 Å². The van der Waals surface area contributed by atoms with Gasteiger partial charge in [-0.15, -0.1) is 0 Å². The normalized spacial score (nSPS) is 12.3. The SMILES string of the molecule is COc1ccc(Cl)c(OC)c1C(N)CO. The molecule has 0 amide bonds. The summed E-state index contributed by atoms with van der Waals surface area (Å²) in [6.45, 7) is -0.201. The van der Waals surface area contributed by atoms with Crippen LogP contribution in [0.25, 0.3) is 0 Å². The van der Waals surface area contributed by atoms with E-state index in [1.807, 2.05) is 0 Å². The second-order valence-corrected chi connectivity index (χ2v) is 3.39. The number of benzene rings is 1. The summed E-state index contributed by atoms with van der Waals surface area (Å²) in [6, 6.07) is 2.77. The zero-order valence-corrected chi connectivity index (χ0v) is 9.41. The van der Waals surface area contributed by atoms with E-state index in [1.54, 1.807) is 12.1 Å². The molecule has 0 saturated heterocycles. The fourth-order valence-corrected chi connectivity index (χ4v) is 1.62. The molecule has 1 aromatic carbocycles. The molecule has 0 radical (unpaired) electrons. The van der Waals surface area contributed by atoms with Crippen LogP contribution in [0.2, 0.25) is 5.02 Å². The molecule has 3 N–H and O–H groups in total. The summed E-state index contributed by atoms with van der Waals surface area (Å²) in [6.07, 6.45) is 0. The molecule has 0 heterocycles. The number of hydrogen-bond acceptors (Lipinski definition) is 4. The van der Waals surface area contributed by atoms with Gasteiger partial charge < -0.3 is 20.3 Å². The molecule has 0 saturated carbocycles. The number of rotatable bonds is 4. The minimum absolute atomic E-state index is 0.201. The minimum atomic E-state index is -0.575. The molecule has 0 aliphatic heterocycles. The van der Waals surface area contributed by atoms with Crippen LogP contribution >= 0.6 is 11.6 Å². The monoisotopic (exact) mass is 231 g/mol. The number of hydrogen-bond donors (Lipinski definition) is 2. The lowest BCUT2D eigenvalue weighted by Crippen LogP contribution is -2.16. The second-order valence-electron chi connectivity index (χ2n) is 2.99. The summed E-state index contributed by atoms with van der Waals surface area (Å²) in [5.74, 6) is 0.996. The first-order valence-electron chi connectivity index (χ1n) is 4.42. The van der Waals surface area contributed by atoms with Crippen molar-refractivity contribution in [1.82, 2.24) is 0 Å². The van der Waals surface area contributed by atoms with Gasteiger partial charge in [0.05, 0.1) is 37.5 Å². The van der Waals surface area contributed by atoms with Crippen LogP contribution in [0.4, 0.5) is 0 Å². The van der Waals surface area contributed by atoms with Crippen molar-refractivity contribution in [3.8, 4) is 11.5 Å². The van der Waals surface area contributed by atoms with E-state index in [0.29, 0.717) is 22.1 Å². The van der Waals surface area contributed by atoms with Gasteiger partial charge in [-0.3, -0.25) is 0 Å². The molecule has 1 unspecified atom stereocenters. The third kappa shape index (κ3) is 2.34. The highest BCUT2D eigenvalue weighted by Crippen LogP contribution is 2.38. The standard InChI is InChI=1S/C10H14ClNO3/c1-14-8-4-3-6(11)10(15-2)9(8)7(12)5-13/h3-4,7,13H,5,12H2,1-2H3. The molecular weight excluding hydrogens is 218 g/mol. The minimum Gasteiger partial charge on any atom is -0.496 e. The number of methoxy groups -OCH3 is 2. The third-order valence-corrected chi connectivity index (χ3v) is 2.40. The molecule has 5 heteroatoms. The van der Waals surface area contributed by atoms with Crippen LogP contribution in [0, 0.1) is 0 Å². The van der Waals surface area contributed by atoms with Crippen LogP contribution in [0.15, 0.2) is 12.1 Å². The van der Waals surface area contributed by atoms with E-state index < -0.39 is 6.04 Å². The molecule has 0 aliphatic carbocycles. The van der Waals surface area contributed by atoms with Gasteiger partial charge in [0.2, 0.25) is 0 Å². The van der Waals surface area contributed by atoms with Crippen molar-refractivity contribution in [2.75, 3.05) is 20.8 Å². The van der Waals surface area contributed by atoms with Crippen molar-refractivity contribution in [3.63, 3.8) is 0 Å².